The molecule has 0 N–H and O–H groups in total. The van der Waals surface area contributed by atoms with E-state index in [-0.39, 0.29) is 0 Å². The number of hydrogen-bond acceptors (Lipinski definition) is 1. The first-order valence-electron chi connectivity index (χ1n) is 9.08. The van der Waals surface area contributed by atoms with Gasteiger partial charge in [-0.15, -0.1) is 6.58 Å². The van der Waals surface area contributed by atoms with Crippen molar-refractivity contribution in [3.63, 3.8) is 0 Å². The van der Waals surface area contributed by atoms with Crippen molar-refractivity contribution < 1.29 is 0 Å². The van der Waals surface area contributed by atoms with Gasteiger partial charge in [0.15, 0.2) is 0 Å². The van der Waals surface area contributed by atoms with E-state index in [4.69, 9.17) is 0 Å². The van der Waals surface area contributed by atoms with E-state index >= 15 is 0 Å². The molecule has 0 radical (unpaired) electrons. The summed E-state index contributed by atoms with van der Waals surface area (Å²) in [6.07, 6.45) is 9.37. The predicted octanol–water partition coefficient (Wildman–Crippen LogP) is 6.32. The molecular weight excluding hydrogens is 304 g/mol. The number of para-hydroxylation sites is 1. The highest BCUT2D eigenvalue weighted by Gasteiger charge is 2.17. The first-order valence-corrected chi connectivity index (χ1v) is 9.08. The fourth-order valence-corrected chi connectivity index (χ4v) is 4.15. The molecule has 4 rings (SSSR count). The quantitative estimate of drug-likeness (QED) is 0.310. The third-order valence-electron chi connectivity index (χ3n) is 5.37. The number of fused-ring (bicyclic) bond motifs is 4. The molecule has 2 aromatic heterocycles. The molecule has 2 nitrogen and oxygen atoms in total. The van der Waals surface area contributed by atoms with Crippen molar-refractivity contribution in [2.45, 2.75) is 39.7 Å². The zero-order valence-electron chi connectivity index (χ0n) is 15.0. The van der Waals surface area contributed by atoms with Crippen molar-refractivity contribution in [2.75, 3.05) is 0 Å². The Bertz CT molecular complexity index is 1090. The van der Waals surface area contributed by atoms with Gasteiger partial charge >= 0.3 is 0 Å². The first kappa shape index (κ1) is 15.9. The van der Waals surface area contributed by atoms with E-state index in [2.05, 4.69) is 60.3 Å². The van der Waals surface area contributed by atoms with Gasteiger partial charge in [0.05, 0.1) is 5.52 Å². The standard InChI is InChI=1S/C23H24N2/c1-4-5-6-9-14-25-21-11-8-7-10-19(21)22-16(2)20-15-24-13-12-18(20)17(3)23(22)25/h4,7-8,10-13,15H,1,5-6,9,14H2,2-3H3. The van der Waals surface area contributed by atoms with Gasteiger partial charge in [0.2, 0.25) is 0 Å². The van der Waals surface area contributed by atoms with Crippen LogP contribution in [0.2, 0.25) is 0 Å². The fraction of sp³-hybridized carbons (Fsp3) is 0.261. The van der Waals surface area contributed by atoms with E-state index in [1.54, 1.807) is 0 Å². The topological polar surface area (TPSA) is 17.8 Å². The molecule has 0 atom stereocenters. The molecule has 0 saturated heterocycles. The Morgan fingerprint density at radius 2 is 1.84 bits per heavy atom. The SMILES string of the molecule is C=CCCCCn1c2ccccc2c2c(C)c3cnccc3c(C)c21. The lowest BCUT2D eigenvalue weighted by molar-refractivity contribution is 0.642. The summed E-state index contributed by atoms with van der Waals surface area (Å²) >= 11 is 0. The summed E-state index contributed by atoms with van der Waals surface area (Å²) in [6, 6.07) is 11.0. The summed E-state index contributed by atoms with van der Waals surface area (Å²) in [6.45, 7) is 9.38. The van der Waals surface area contributed by atoms with Gasteiger partial charge in [-0.2, -0.15) is 0 Å². The van der Waals surface area contributed by atoms with Crippen LogP contribution in [0.25, 0.3) is 32.6 Å². The fourth-order valence-electron chi connectivity index (χ4n) is 4.15. The Kier molecular flexibility index (Phi) is 4.04. The summed E-state index contributed by atoms with van der Waals surface area (Å²) < 4.78 is 2.52. The number of nitrogens with zero attached hydrogens (tertiary/aromatic N) is 2. The summed E-state index contributed by atoms with van der Waals surface area (Å²) in [5, 5.41) is 5.32. The normalized spacial score (nSPS) is 11.6. The largest absolute Gasteiger partial charge is 0.340 e. The number of benzene rings is 2. The third-order valence-corrected chi connectivity index (χ3v) is 5.37. The Morgan fingerprint density at radius 3 is 2.68 bits per heavy atom. The number of hydrogen-bond donors (Lipinski definition) is 0. The minimum atomic E-state index is 1.05. The monoisotopic (exact) mass is 328 g/mol. The minimum absolute atomic E-state index is 1.05. The van der Waals surface area contributed by atoms with Gasteiger partial charge in [-0.3, -0.25) is 4.98 Å². The van der Waals surface area contributed by atoms with Crippen LogP contribution in [-0.2, 0) is 6.54 Å². The Hall–Kier alpha value is -2.61. The molecule has 0 spiro atoms. The maximum atomic E-state index is 4.36. The van der Waals surface area contributed by atoms with Crippen molar-refractivity contribution in [3.8, 4) is 0 Å². The smallest absolute Gasteiger partial charge is 0.0530 e. The van der Waals surface area contributed by atoms with Gasteiger partial charge in [-0.05, 0) is 61.8 Å². The van der Waals surface area contributed by atoms with Crippen LogP contribution < -0.4 is 0 Å². The Labute approximate surface area is 148 Å². The molecule has 25 heavy (non-hydrogen) atoms. The highest BCUT2D eigenvalue weighted by Crippen LogP contribution is 2.38. The zero-order chi connectivity index (χ0) is 17.4. The third kappa shape index (κ3) is 2.44. The maximum Gasteiger partial charge on any atom is 0.0530 e. The number of rotatable bonds is 5. The Balaban J connectivity index is 2.06. The lowest BCUT2D eigenvalue weighted by atomic mass is 9.97. The second-order valence-corrected chi connectivity index (χ2v) is 6.85. The molecule has 0 unspecified atom stereocenters. The van der Waals surface area contributed by atoms with Gasteiger partial charge in [-0.25, -0.2) is 0 Å². The van der Waals surface area contributed by atoms with Gasteiger partial charge in [0, 0.05) is 40.6 Å². The van der Waals surface area contributed by atoms with Crippen LogP contribution in [0.3, 0.4) is 0 Å². The number of pyridine rings is 1. The van der Waals surface area contributed by atoms with Crippen LogP contribution in [0.5, 0.6) is 0 Å². The van der Waals surface area contributed by atoms with Crippen LogP contribution in [0.15, 0.2) is 55.4 Å². The van der Waals surface area contributed by atoms with Crippen LogP contribution in [0, 0.1) is 13.8 Å². The summed E-state index contributed by atoms with van der Waals surface area (Å²) in [5.41, 5.74) is 5.42. The van der Waals surface area contributed by atoms with Crippen LogP contribution in [0.1, 0.15) is 30.4 Å². The zero-order valence-corrected chi connectivity index (χ0v) is 15.0. The van der Waals surface area contributed by atoms with Crippen LogP contribution in [-0.4, -0.2) is 9.55 Å². The molecule has 2 aromatic carbocycles. The second-order valence-electron chi connectivity index (χ2n) is 6.85. The molecular formula is C23H24N2. The molecule has 0 bridgehead atoms. The number of aryl methyl sites for hydroxylation is 3. The van der Waals surface area contributed by atoms with Crippen molar-refractivity contribution in [1.29, 1.82) is 0 Å². The molecule has 0 aliphatic heterocycles. The number of aromatic nitrogens is 2. The van der Waals surface area contributed by atoms with Gasteiger partial charge < -0.3 is 4.57 Å². The average molecular weight is 328 g/mol. The molecule has 2 heteroatoms. The lowest BCUT2D eigenvalue weighted by Gasteiger charge is -2.12. The van der Waals surface area contributed by atoms with Gasteiger partial charge in [0.25, 0.3) is 0 Å². The summed E-state index contributed by atoms with van der Waals surface area (Å²) in [7, 11) is 0. The van der Waals surface area contributed by atoms with Crippen LogP contribution in [0.4, 0.5) is 0 Å². The van der Waals surface area contributed by atoms with Crippen molar-refractivity contribution in [2.24, 2.45) is 0 Å². The molecule has 126 valence electrons. The second kappa shape index (κ2) is 6.36. The van der Waals surface area contributed by atoms with Crippen molar-refractivity contribution >= 4 is 32.6 Å². The van der Waals surface area contributed by atoms with E-state index in [1.165, 1.54) is 56.5 Å². The maximum absolute atomic E-state index is 4.36. The summed E-state index contributed by atoms with van der Waals surface area (Å²) in [4.78, 5) is 4.36. The van der Waals surface area contributed by atoms with Crippen molar-refractivity contribution in [1.82, 2.24) is 9.55 Å². The van der Waals surface area contributed by atoms with E-state index < -0.39 is 0 Å². The number of allylic oxidation sites excluding steroid dienone is 1. The molecule has 4 aromatic rings. The van der Waals surface area contributed by atoms with Gasteiger partial charge in [0.1, 0.15) is 0 Å². The average Bonchev–Trinajstić information content (AvgIpc) is 2.98. The predicted molar refractivity (Wildman–Crippen MR) is 108 cm³/mol. The first-order chi connectivity index (χ1) is 12.2. The molecule has 2 heterocycles. The molecule has 0 amide bonds. The lowest BCUT2D eigenvalue weighted by Crippen LogP contribution is -2.00. The highest BCUT2D eigenvalue weighted by molar-refractivity contribution is 6.16. The van der Waals surface area contributed by atoms with Crippen molar-refractivity contribution in [3.05, 3.63) is 66.5 Å². The van der Waals surface area contributed by atoms with E-state index in [1.807, 2.05) is 18.5 Å². The van der Waals surface area contributed by atoms with E-state index in [9.17, 15) is 0 Å². The minimum Gasteiger partial charge on any atom is -0.340 e. The van der Waals surface area contributed by atoms with Gasteiger partial charge in [-0.1, -0.05) is 24.3 Å². The number of unbranched alkanes of at least 4 members (excludes halogenated alkanes) is 2. The highest BCUT2D eigenvalue weighted by atomic mass is 15.0. The summed E-state index contributed by atoms with van der Waals surface area (Å²) in [5.74, 6) is 0. The van der Waals surface area contributed by atoms with Crippen LogP contribution >= 0.6 is 0 Å². The molecule has 0 fully saturated rings. The Morgan fingerprint density at radius 1 is 1.00 bits per heavy atom. The molecule has 0 aliphatic carbocycles. The molecule has 0 saturated carbocycles. The van der Waals surface area contributed by atoms with E-state index in [0.717, 1.165) is 13.0 Å². The van der Waals surface area contributed by atoms with E-state index in [0.29, 0.717) is 0 Å². The molecule has 0 aliphatic rings.